The van der Waals surface area contributed by atoms with Crippen molar-refractivity contribution in [2.45, 2.75) is 6.92 Å². The zero-order valence-electron chi connectivity index (χ0n) is 23.4. The Labute approximate surface area is 247 Å². The summed E-state index contributed by atoms with van der Waals surface area (Å²) >= 11 is 6.33. The quantitative estimate of drug-likeness (QED) is 0.135. The first-order valence-electron chi connectivity index (χ1n) is 12.8. The number of aromatic nitrogens is 1. The number of nitrogens with one attached hydrogen (secondary N) is 3. The van der Waals surface area contributed by atoms with Crippen LogP contribution in [0.2, 0.25) is 5.02 Å². The van der Waals surface area contributed by atoms with Gasteiger partial charge in [-0.05, 0) is 55.5 Å². The molecule has 1 heterocycles. The van der Waals surface area contributed by atoms with Crippen LogP contribution < -0.4 is 30.8 Å². The van der Waals surface area contributed by atoms with Crippen molar-refractivity contribution in [3.8, 4) is 17.0 Å². The second-order valence-corrected chi connectivity index (χ2v) is 9.77. The predicted molar refractivity (Wildman–Crippen MR) is 162 cm³/mol. The van der Waals surface area contributed by atoms with Gasteiger partial charge in [0.25, 0.3) is 11.8 Å². The molecule has 1 aromatic heterocycles. The molecule has 12 nitrogen and oxygen atoms in total. The minimum atomic E-state index is -0.487. The molecule has 2 amide bonds. The molecule has 3 aromatic carbocycles. The summed E-state index contributed by atoms with van der Waals surface area (Å²) in [6.07, 6.45) is 0. The van der Waals surface area contributed by atoms with Crippen molar-refractivity contribution in [2.75, 3.05) is 55.1 Å². The number of ether oxygens (including phenoxy) is 1. The van der Waals surface area contributed by atoms with E-state index >= 15 is 0 Å². The van der Waals surface area contributed by atoms with E-state index in [4.69, 9.17) is 20.9 Å². The molecular formula is C29H30ClN6O6-. The molecule has 4 N–H and O–H groups in total. The third-order valence-electron chi connectivity index (χ3n) is 6.36. The van der Waals surface area contributed by atoms with Crippen molar-refractivity contribution in [1.82, 2.24) is 10.5 Å². The SMILES string of the molecule is COc1ccccc1-c1noc(C)c1C(=O)NCCNc1cc(NC(=O)c2ccc(N(C)C)cc2)c(N([O-])O)cc1Cl. The van der Waals surface area contributed by atoms with E-state index in [-0.39, 0.29) is 40.3 Å². The lowest BCUT2D eigenvalue weighted by Crippen LogP contribution is -2.29. The minimum Gasteiger partial charge on any atom is -0.733 e. The Bertz CT molecular complexity index is 1570. The smallest absolute Gasteiger partial charge is 0.257 e. The summed E-state index contributed by atoms with van der Waals surface area (Å²) in [5, 5.41) is 33.7. The Hall–Kier alpha value is -4.78. The first kappa shape index (κ1) is 30.2. The molecule has 13 heteroatoms. The maximum atomic E-state index is 13.1. The highest BCUT2D eigenvalue weighted by Crippen LogP contribution is 2.35. The number of carbonyl (C=O) groups is 2. The molecule has 0 aliphatic carbocycles. The van der Waals surface area contributed by atoms with Crippen molar-refractivity contribution in [3.05, 3.63) is 87.8 Å². The molecule has 0 saturated carbocycles. The fourth-order valence-corrected chi connectivity index (χ4v) is 4.41. The molecule has 42 heavy (non-hydrogen) atoms. The summed E-state index contributed by atoms with van der Waals surface area (Å²) in [5.74, 6) is 0.0165. The lowest BCUT2D eigenvalue weighted by molar-refractivity contribution is 0.0953. The molecule has 0 aliphatic rings. The highest BCUT2D eigenvalue weighted by atomic mass is 35.5. The molecule has 0 spiro atoms. The van der Waals surface area contributed by atoms with Gasteiger partial charge >= 0.3 is 0 Å². The highest BCUT2D eigenvalue weighted by Gasteiger charge is 2.23. The Balaban J connectivity index is 1.44. The largest absolute Gasteiger partial charge is 0.733 e. The van der Waals surface area contributed by atoms with Gasteiger partial charge < -0.3 is 40.5 Å². The summed E-state index contributed by atoms with van der Waals surface area (Å²) in [6.45, 7) is 2.06. The molecule has 0 fully saturated rings. The van der Waals surface area contributed by atoms with E-state index in [1.54, 1.807) is 43.3 Å². The van der Waals surface area contributed by atoms with Crippen LogP contribution in [0.25, 0.3) is 11.3 Å². The maximum absolute atomic E-state index is 13.1. The number of halogens is 1. The number of anilines is 4. The molecule has 0 saturated heterocycles. The molecule has 0 bridgehead atoms. The third kappa shape index (κ3) is 6.74. The molecule has 0 aliphatic heterocycles. The molecule has 0 atom stereocenters. The van der Waals surface area contributed by atoms with Gasteiger partial charge in [-0.15, -0.1) is 0 Å². The van der Waals surface area contributed by atoms with E-state index in [9.17, 15) is 20.0 Å². The van der Waals surface area contributed by atoms with Crippen LogP contribution in [0.5, 0.6) is 5.75 Å². The van der Waals surface area contributed by atoms with Crippen LogP contribution in [0.3, 0.4) is 0 Å². The lowest BCUT2D eigenvalue weighted by Gasteiger charge is -2.26. The van der Waals surface area contributed by atoms with Crippen molar-refractivity contribution in [3.63, 3.8) is 0 Å². The number of para-hydroxylation sites is 1. The Morgan fingerprint density at radius 1 is 1.05 bits per heavy atom. The standard InChI is InChI=1S/C29H30ClN6O6/c1-17-26(27(34-42-17)20-7-5-6-8-25(20)41-4)29(38)32-14-13-31-22-16-23(24(36(39)40)15-21(22)30)33-28(37)18-9-11-19(12-10-18)35(2)3/h5-12,15-16,31,39H,13-14H2,1-4H3,(H,32,38)(H,33,37)/q-1. The van der Waals surface area contributed by atoms with Crippen LogP contribution in [0.15, 0.2) is 65.2 Å². The van der Waals surface area contributed by atoms with Crippen LogP contribution in [0.1, 0.15) is 26.5 Å². The molecule has 220 valence electrons. The van der Waals surface area contributed by atoms with Crippen LogP contribution in [0, 0.1) is 12.1 Å². The van der Waals surface area contributed by atoms with E-state index < -0.39 is 11.8 Å². The summed E-state index contributed by atoms with van der Waals surface area (Å²) in [6, 6.07) is 16.7. The first-order chi connectivity index (χ1) is 20.1. The van der Waals surface area contributed by atoms with Crippen LogP contribution >= 0.6 is 11.6 Å². The molecule has 0 radical (unpaired) electrons. The average Bonchev–Trinajstić information content (AvgIpc) is 3.37. The van der Waals surface area contributed by atoms with E-state index in [1.807, 2.05) is 31.1 Å². The summed E-state index contributed by atoms with van der Waals surface area (Å²) in [7, 11) is 5.30. The first-order valence-corrected chi connectivity index (χ1v) is 13.2. The fraction of sp³-hybridized carbons (Fsp3) is 0.207. The van der Waals surface area contributed by atoms with E-state index in [2.05, 4.69) is 21.1 Å². The van der Waals surface area contributed by atoms with Crippen molar-refractivity contribution < 1.29 is 24.1 Å². The highest BCUT2D eigenvalue weighted by molar-refractivity contribution is 6.34. The van der Waals surface area contributed by atoms with Gasteiger partial charge in [-0.1, -0.05) is 28.9 Å². The second-order valence-electron chi connectivity index (χ2n) is 9.36. The number of rotatable bonds is 11. The number of carbonyl (C=O) groups excluding carboxylic acids is 2. The van der Waals surface area contributed by atoms with Crippen molar-refractivity contribution in [1.29, 1.82) is 0 Å². The fourth-order valence-electron chi connectivity index (χ4n) is 4.19. The Morgan fingerprint density at radius 3 is 2.43 bits per heavy atom. The molecule has 4 rings (SSSR count). The molecule has 0 unspecified atom stereocenters. The summed E-state index contributed by atoms with van der Waals surface area (Å²) in [4.78, 5) is 27.8. The minimum absolute atomic E-state index is 0.0340. The van der Waals surface area contributed by atoms with Gasteiger partial charge in [0.2, 0.25) is 0 Å². The molecule has 4 aromatic rings. The number of aryl methyl sites for hydroxylation is 1. The van der Waals surface area contributed by atoms with Crippen LogP contribution in [-0.2, 0) is 0 Å². The zero-order chi connectivity index (χ0) is 30.4. The van der Waals surface area contributed by atoms with Crippen molar-refractivity contribution >= 4 is 46.2 Å². The van der Waals surface area contributed by atoms with Gasteiger partial charge in [-0.3, -0.25) is 14.8 Å². The van der Waals surface area contributed by atoms with Crippen LogP contribution in [-0.4, -0.2) is 56.5 Å². The number of amides is 2. The Morgan fingerprint density at radius 2 is 1.76 bits per heavy atom. The maximum Gasteiger partial charge on any atom is 0.257 e. The lowest BCUT2D eigenvalue weighted by atomic mass is 10.0. The normalized spacial score (nSPS) is 10.6. The number of nitrogens with zero attached hydrogens (tertiary/aromatic N) is 3. The van der Waals surface area contributed by atoms with Crippen LogP contribution in [0.4, 0.5) is 22.7 Å². The monoisotopic (exact) mass is 593 g/mol. The number of hydrogen-bond acceptors (Lipinski definition) is 10. The predicted octanol–water partition coefficient (Wildman–Crippen LogP) is 5.17. The van der Waals surface area contributed by atoms with Gasteiger partial charge in [0.1, 0.15) is 22.8 Å². The van der Waals surface area contributed by atoms with E-state index in [0.29, 0.717) is 34.0 Å². The Kier molecular flexibility index (Phi) is 9.53. The van der Waals surface area contributed by atoms with Gasteiger partial charge in [-0.2, -0.15) is 0 Å². The van der Waals surface area contributed by atoms with E-state index in [0.717, 1.165) is 5.69 Å². The van der Waals surface area contributed by atoms with Gasteiger partial charge in [0, 0.05) is 44.0 Å². The zero-order valence-corrected chi connectivity index (χ0v) is 24.2. The molecular weight excluding hydrogens is 564 g/mol. The third-order valence-corrected chi connectivity index (χ3v) is 6.68. The number of hydrogen-bond donors (Lipinski definition) is 4. The van der Waals surface area contributed by atoms with Crippen molar-refractivity contribution in [2.24, 2.45) is 0 Å². The number of benzene rings is 3. The van der Waals surface area contributed by atoms with E-state index in [1.165, 1.54) is 19.2 Å². The van der Waals surface area contributed by atoms with Gasteiger partial charge in [0.15, 0.2) is 0 Å². The number of methoxy groups -OCH3 is 1. The van der Waals surface area contributed by atoms with Gasteiger partial charge in [-0.25, -0.2) is 0 Å². The van der Waals surface area contributed by atoms with Gasteiger partial charge in [0.05, 0.1) is 29.2 Å². The second kappa shape index (κ2) is 13.3. The summed E-state index contributed by atoms with van der Waals surface area (Å²) < 4.78 is 10.7. The topological polar surface area (TPSA) is 155 Å². The summed E-state index contributed by atoms with van der Waals surface area (Å²) in [5.41, 5.74) is 2.67. The average molecular weight is 594 g/mol.